The highest BCUT2D eigenvalue weighted by Gasteiger charge is 2.15. The standard InChI is InChI=1S/C19H25N5S/c1-15-14-17(24-12-5-6-13-24)22-18(21-15)23-19(25)20-11-7-10-16-8-3-2-4-9-16/h2-4,8-9,14H,5-7,10-13H2,1H3,(H2,20,21,22,23,25). The van der Waals surface area contributed by atoms with Crippen LogP contribution in [0.1, 0.15) is 30.5 Å². The van der Waals surface area contributed by atoms with E-state index in [0.29, 0.717) is 11.1 Å². The third kappa shape index (κ3) is 5.39. The highest BCUT2D eigenvalue weighted by Crippen LogP contribution is 2.19. The van der Waals surface area contributed by atoms with Crippen molar-refractivity contribution in [2.24, 2.45) is 0 Å². The molecule has 1 aliphatic rings. The number of aromatic nitrogens is 2. The molecule has 1 fully saturated rings. The Kier molecular flexibility index (Phi) is 6.17. The molecule has 132 valence electrons. The molecule has 2 aromatic rings. The van der Waals surface area contributed by atoms with Crippen LogP contribution in [0.3, 0.4) is 0 Å². The van der Waals surface area contributed by atoms with Crippen LogP contribution < -0.4 is 15.5 Å². The molecular formula is C19H25N5S. The highest BCUT2D eigenvalue weighted by molar-refractivity contribution is 7.80. The van der Waals surface area contributed by atoms with E-state index in [1.807, 2.05) is 19.1 Å². The number of rotatable bonds is 6. The van der Waals surface area contributed by atoms with Gasteiger partial charge in [0.05, 0.1) is 0 Å². The fraction of sp³-hybridized carbons (Fsp3) is 0.421. The van der Waals surface area contributed by atoms with Crippen molar-refractivity contribution in [1.82, 2.24) is 15.3 Å². The van der Waals surface area contributed by atoms with Crippen LogP contribution in [0.2, 0.25) is 0 Å². The zero-order valence-electron chi connectivity index (χ0n) is 14.7. The lowest BCUT2D eigenvalue weighted by Crippen LogP contribution is -2.30. The zero-order chi connectivity index (χ0) is 17.5. The number of anilines is 2. The average molecular weight is 356 g/mol. The normalized spacial score (nSPS) is 13.7. The summed E-state index contributed by atoms with van der Waals surface area (Å²) in [7, 11) is 0. The van der Waals surface area contributed by atoms with Gasteiger partial charge in [0.15, 0.2) is 5.11 Å². The summed E-state index contributed by atoms with van der Waals surface area (Å²) in [5.74, 6) is 1.56. The molecule has 0 bridgehead atoms. The van der Waals surface area contributed by atoms with Crippen molar-refractivity contribution in [3.8, 4) is 0 Å². The molecule has 0 aliphatic carbocycles. The average Bonchev–Trinajstić information content (AvgIpc) is 3.14. The number of nitrogens with zero attached hydrogens (tertiary/aromatic N) is 3. The Hall–Kier alpha value is -2.21. The molecule has 2 N–H and O–H groups in total. The minimum atomic E-state index is 0.572. The summed E-state index contributed by atoms with van der Waals surface area (Å²) in [5, 5.41) is 6.93. The van der Waals surface area contributed by atoms with Gasteiger partial charge in [-0.3, -0.25) is 0 Å². The number of benzene rings is 1. The first kappa shape index (κ1) is 17.6. The largest absolute Gasteiger partial charge is 0.362 e. The lowest BCUT2D eigenvalue weighted by Gasteiger charge is -2.18. The summed E-state index contributed by atoms with van der Waals surface area (Å²) in [5.41, 5.74) is 2.30. The third-order valence-electron chi connectivity index (χ3n) is 4.27. The van der Waals surface area contributed by atoms with Crippen LogP contribution in [0.4, 0.5) is 11.8 Å². The summed E-state index contributed by atoms with van der Waals surface area (Å²) in [6, 6.07) is 12.5. The van der Waals surface area contributed by atoms with E-state index >= 15 is 0 Å². The van der Waals surface area contributed by atoms with Gasteiger partial charge >= 0.3 is 0 Å². The van der Waals surface area contributed by atoms with Crippen molar-refractivity contribution in [3.63, 3.8) is 0 Å². The molecule has 0 radical (unpaired) electrons. The van der Waals surface area contributed by atoms with Gasteiger partial charge in [-0.25, -0.2) is 4.98 Å². The van der Waals surface area contributed by atoms with Gasteiger partial charge in [0, 0.05) is 31.4 Å². The van der Waals surface area contributed by atoms with Crippen LogP contribution in [0.15, 0.2) is 36.4 Å². The maximum Gasteiger partial charge on any atom is 0.231 e. The Balaban J connectivity index is 1.47. The van der Waals surface area contributed by atoms with E-state index in [0.717, 1.165) is 44.0 Å². The summed E-state index contributed by atoms with van der Waals surface area (Å²) in [6.45, 7) is 4.95. The topological polar surface area (TPSA) is 53.1 Å². The van der Waals surface area contributed by atoms with E-state index in [2.05, 4.69) is 49.8 Å². The van der Waals surface area contributed by atoms with E-state index in [1.165, 1.54) is 18.4 Å². The predicted octanol–water partition coefficient (Wildman–Crippen LogP) is 3.30. The van der Waals surface area contributed by atoms with E-state index in [9.17, 15) is 0 Å². The minimum Gasteiger partial charge on any atom is -0.362 e. The van der Waals surface area contributed by atoms with Crippen molar-refractivity contribution in [2.45, 2.75) is 32.6 Å². The molecule has 25 heavy (non-hydrogen) atoms. The molecule has 0 amide bonds. The monoisotopic (exact) mass is 355 g/mol. The molecule has 1 aromatic heterocycles. The van der Waals surface area contributed by atoms with Crippen molar-refractivity contribution in [2.75, 3.05) is 29.9 Å². The Labute approximate surface area is 154 Å². The maximum absolute atomic E-state index is 5.37. The Morgan fingerprint density at radius 3 is 2.68 bits per heavy atom. The summed E-state index contributed by atoms with van der Waals surface area (Å²) in [4.78, 5) is 11.4. The molecule has 1 aliphatic heterocycles. The van der Waals surface area contributed by atoms with Crippen molar-refractivity contribution >= 4 is 29.1 Å². The van der Waals surface area contributed by atoms with Gasteiger partial charge in [-0.05, 0) is 50.4 Å². The smallest absolute Gasteiger partial charge is 0.231 e. The predicted molar refractivity (Wildman–Crippen MR) is 107 cm³/mol. The second kappa shape index (κ2) is 8.76. The second-order valence-corrected chi connectivity index (χ2v) is 6.76. The Morgan fingerprint density at radius 1 is 1.16 bits per heavy atom. The Bertz CT molecular complexity index is 698. The summed E-state index contributed by atoms with van der Waals surface area (Å²) in [6.07, 6.45) is 4.52. The van der Waals surface area contributed by atoms with Crippen LogP contribution in [-0.2, 0) is 6.42 Å². The molecule has 0 unspecified atom stereocenters. The van der Waals surface area contributed by atoms with E-state index in [-0.39, 0.29) is 0 Å². The maximum atomic E-state index is 5.37. The zero-order valence-corrected chi connectivity index (χ0v) is 15.5. The molecule has 1 saturated heterocycles. The highest BCUT2D eigenvalue weighted by atomic mass is 32.1. The molecular weight excluding hydrogens is 330 g/mol. The molecule has 6 heteroatoms. The van der Waals surface area contributed by atoms with Crippen LogP contribution in [0.5, 0.6) is 0 Å². The lowest BCUT2D eigenvalue weighted by atomic mass is 10.1. The van der Waals surface area contributed by atoms with E-state index in [1.54, 1.807) is 0 Å². The van der Waals surface area contributed by atoms with Gasteiger partial charge in [0.2, 0.25) is 5.95 Å². The summed E-state index contributed by atoms with van der Waals surface area (Å²) < 4.78 is 0. The van der Waals surface area contributed by atoms with E-state index in [4.69, 9.17) is 12.2 Å². The van der Waals surface area contributed by atoms with E-state index < -0.39 is 0 Å². The number of aryl methyl sites for hydroxylation is 2. The second-order valence-electron chi connectivity index (χ2n) is 6.36. The van der Waals surface area contributed by atoms with Crippen LogP contribution >= 0.6 is 12.2 Å². The molecule has 3 rings (SSSR count). The van der Waals surface area contributed by atoms with Crippen LogP contribution in [0.25, 0.3) is 0 Å². The van der Waals surface area contributed by atoms with Crippen LogP contribution in [-0.4, -0.2) is 34.7 Å². The van der Waals surface area contributed by atoms with Gasteiger partial charge < -0.3 is 15.5 Å². The minimum absolute atomic E-state index is 0.572. The number of nitrogens with one attached hydrogen (secondary N) is 2. The SMILES string of the molecule is Cc1cc(N2CCCC2)nc(NC(=S)NCCCc2ccccc2)n1. The van der Waals surface area contributed by atoms with Gasteiger partial charge in [-0.1, -0.05) is 30.3 Å². The van der Waals surface area contributed by atoms with Crippen molar-refractivity contribution in [3.05, 3.63) is 47.7 Å². The van der Waals surface area contributed by atoms with Gasteiger partial charge in [0.1, 0.15) is 5.82 Å². The first-order valence-electron chi connectivity index (χ1n) is 8.90. The molecule has 2 heterocycles. The van der Waals surface area contributed by atoms with Crippen LogP contribution in [0, 0.1) is 6.92 Å². The van der Waals surface area contributed by atoms with Crippen molar-refractivity contribution < 1.29 is 0 Å². The molecule has 0 saturated carbocycles. The number of thiocarbonyl (C=S) groups is 1. The lowest BCUT2D eigenvalue weighted by molar-refractivity contribution is 0.777. The van der Waals surface area contributed by atoms with Crippen molar-refractivity contribution in [1.29, 1.82) is 0 Å². The molecule has 0 atom stereocenters. The number of hydrogen-bond donors (Lipinski definition) is 2. The first-order chi connectivity index (χ1) is 12.2. The van der Waals surface area contributed by atoms with Gasteiger partial charge in [-0.15, -0.1) is 0 Å². The molecule has 1 aromatic carbocycles. The third-order valence-corrected chi connectivity index (χ3v) is 4.51. The van der Waals surface area contributed by atoms with Gasteiger partial charge in [-0.2, -0.15) is 4.98 Å². The molecule has 5 nitrogen and oxygen atoms in total. The fourth-order valence-electron chi connectivity index (χ4n) is 3.00. The van der Waals surface area contributed by atoms with Gasteiger partial charge in [0.25, 0.3) is 0 Å². The first-order valence-corrected chi connectivity index (χ1v) is 9.31. The summed E-state index contributed by atoms with van der Waals surface area (Å²) >= 11 is 5.37. The Morgan fingerprint density at radius 2 is 1.92 bits per heavy atom. The quantitative estimate of drug-likeness (QED) is 0.612. The number of hydrogen-bond acceptors (Lipinski definition) is 4. The molecule has 0 spiro atoms. The fourth-order valence-corrected chi connectivity index (χ4v) is 3.19.